The first-order valence-electron chi connectivity index (χ1n) is 10.5. The maximum Gasteiger partial charge on any atom is 0.186 e. The Balaban J connectivity index is 1.84. The minimum Gasteiger partial charge on any atom is -0.394 e. The van der Waals surface area contributed by atoms with Gasteiger partial charge in [0, 0.05) is 11.3 Å². The Bertz CT molecular complexity index is 622. The Kier molecular flexibility index (Phi) is 6.50. The lowest BCUT2D eigenvalue weighted by Crippen LogP contribution is -2.65. The molecule has 8 nitrogen and oxygen atoms in total. The van der Waals surface area contributed by atoms with Crippen molar-refractivity contribution in [1.29, 1.82) is 0 Å². The molecule has 2 aliphatic carbocycles. The van der Waals surface area contributed by atoms with Crippen molar-refractivity contribution in [3.63, 3.8) is 0 Å². The fourth-order valence-corrected chi connectivity index (χ4v) is 5.16. The molecule has 29 heavy (non-hydrogen) atoms. The van der Waals surface area contributed by atoms with E-state index in [1.54, 1.807) is 0 Å². The van der Waals surface area contributed by atoms with Gasteiger partial charge in [0.2, 0.25) is 0 Å². The largest absolute Gasteiger partial charge is 0.394 e. The second kappa shape index (κ2) is 8.16. The molecule has 0 aromatic rings. The SMILES string of the molecule is CC(C)C1=C[C@@]2(O)[C@H](C)[C@@H](O[C@@H]3O[C@H](CO)[C@@H](O)[C@H](O)[C@H]3O)CC[C@]2(C)[C@H](O)C1. The summed E-state index contributed by atoms with van der Waals surface area (Å²) in [5.74, 6) is -0.227. The van der Waals surface area contributed by atoms with Crippen molar-refractivity contribution in [1.82, 2.24) is 0 Å². The molecule has 3 rings (SSSR count). The summed E-state index contributed by atoms with van der Waals surface area (Å²) >= 11 is 0. The molecule has 0 bridgehead atoms. The van der Waals surface area contributed by atoms with Gasteiger partial charge in [0.15, 0.2) is 6.29 Å². The van der Waals surface area contributed by atoms with E-state index in [0.29, 0.717) is 19.3 Å². The predicted octanol–water partition coefficient (Wildman–Crippen LogP) is -0.314. The van der Waals surface area contributed by atoms with E-state index in [1.165, 1.54) is 0 Å². The normalized spacial score (nSPS) is 50.9. The Labute approximate surface area is 171 Å². The Morgan fingerprint density at radius 1 is 1.17 bits per heavy atom. The fourth-order valence-electron chi connectivity index (χ4n) is 5.16. The number of hydrogen-bond acceptors (Lipinski definition) is 8. The number of ether oxygens (including phenoxy) is 2. The summed E-state index contributed by atoms with van der Waals surface area (Å²) in [4.78, 5) is 0. The van der Waals surface area contributed by atoms with Crippen LogP contribution in [0.25, 0.3) is 0 Å². The van der Waals surface area contributed by atoms with Gasteiger partial charge < -0.3 is 40.1 Å². The molecule has 3 aliphatic rings. The van der Waals surface area contributed by atoms with E-state index in [0.717, 1.165) is 5.57 Å². The van der Waals surface area contributed by atoms with Crippen LogP contribution in [0.1, 0.15) is 47.0 Å². The lowest BCUT2D eigenvalue weighted by molar-refractivity contribution is -0.326. The first-order chi connectivity index (χ1) is 13.5. The van der Waals surface area contributed by atoms with Crippen molar-refractivity contribution < 1.29 is 40.1 Å². The first kappa shape index (κ1) is 23.1. The molecule has 0 aromatic heterocycles. The summed E-state index contributed by atoms with van der Waals surface area (Å²) in [7, 11) is 0. The third-order valence-electron chi connectivity index (χ3n) is 7.58. The zero-order valence-electron chi connectivity index (χ0n) is 17.6. The van der Waals surface area contributed by atoms with Crippen LogP contribution in [0.3, 0.4) is 0 Å². The summed E-state index contributed by atoms with van der Waals surface area (Å²) < 4.78 is 11.4. The first-order valence-corrected chi connectivity index (χ1v) is 10.5. The fraction of sp³-hybridized carbons (Fsp3) is 0.905. The van der Waals surface area contributed by atoms with Crippen molar-refractivity contribution in [2.75, 3.05) is 6.61 Å². The quantitative estimate of drug-likeness (QED) is 0.343. The van der Waals surface area contributed by atoms with Crippen LogP contribution in [0.15, 0.2) is 11.6 Å². The molecule has 1 heterocycles. The summed E-state index contributed by atoms with van der Waals surface area (Å²) in [6, 6.07) is 0. The minimum atomic E-state index is -1.51. The van der Waals surface area contributed by atoms with Crippen molar-refractivity contribution >= 4 is 0 Å². The van der Waals surface area contributed by atoms with Crippen molar-refractivity contribution in [2.45, 2.75) is 95.5 Å². The van der Waals surface area contributed by atoms with E-state index in [9.17, 15) is 30.6 Å². The van der Waals surface area contributed by atoms with Crippen LogP contribution in [-0.2, 0) is 9.47 Å². The second-order valence-electron chi connectivity index (χ2n) is 9.54. The summed E-state index contributed by atoms with van der Waals surface area (Å²) in [5, 5.41) is 62.2. The molecule has 1 aliphatic heterocycles. The summed E-state index contributed by atoms with van der Waals surface area (Å²) in [5.41, 5.74) is -1.03. The van der Waals surface area contributed by atoms with Gasteiger partial charge in [-0.25, -0.2) is 0 Å². The van der Waals surface area contributed by atoms with E-state index in [4.69, 9.17) is 9.47 Å². The average Bonchev–Trinajstić information content (AvgIpc) is 2.67. The topological polar surface area (TPSA) is 140 Å². The lowest BCUT2D eigenvalue weighted by Gasteiger charge is -2.58. The van der Waals surface area contributed by atoms with Gasteiger partial charge in [-0.2, -0.15) is 0 Å². The van der Waals surface area contributed by atoms with E-state index in [-0.39, 0.29) is 5.92 Å². The highest BCUT2D eigenvalue weighted by molar-refractivity contribution is 5.28. The molecule has 0 spiro atoms. The van der Waals surface area contributed by atoms with Crippen LogP contribution in [0.5, 0.6) is 0 Å². The molecule has 0 radical (unpaired) electrons. The van der Waals surface area contributed by atoms with E-state index >= 15 is 0 Å². The van der Waals surface area contributed by atoms with Crippen LogP contribution >= 0.6 is 0 Å². The van der Waals surface area contributed by atoms with Gasteiger partial charge in [0.05, 0.1) is 24.4 Å². The Hall–Kier alpha value is -0.580. The van der Waals surface area contributed by atoms with Gasteiger partial charge in [-0.3, -0.25) is 0 Å². The predicted molar refractivity (Wildman–Crippen MR) is 104 cm³/mol. The standard InChI is InChI=1S/C21H36O8/c1-10(2)12-7-15(23)20(4)6-5-13(11(3)21(20,27)8-12)28-19-18(26)17(25)16(24)14(9-22)29-19/h8,10-11,13-19,22-27H,5-7,9H2,1-4H3/t11-,13+,14-,15-,16-,17+,18-,19-,20-,21-/m1/s1. The van der Waals surface area contributed by atoms with Crippen LogP contribution in [0.2, 0.25) is 0 Å². The van der Waals surface area contributed by atoms with Crippen LogP contribution in [-0.4, -0.2) is 85.8 Å². The molecule has 1 saturated carbocycles. The van der Waals surface area contributed by atoms with Crippen LogP contribution < -0.4 is 0 Å². The van der Waals surface area contributed by atoms with Gasteiger partial charge in [-0.15, -0.1) is 0 Å². The van der Waals surface area contributed by atoms with Crippen molar-refractivity contribution in [2.24, 2.45) is 17.3 Å². The molecular weight excluding hydrogens is 380 g/mol. The molecule has 0 unspecified atom stereocenters. The molecule has 0 aromatic carbocycles. The molecule has 6 N–H and O–H groups in total. The molecule has 168 valence electrons. The third-order valence-corrected chi connectivity index (χ3v) is 7.58. The number of rotatable bonds is 4. The summed E-state index contributed by atoms with van der Waals surface area (Å²) in [6.07, 6.45) is -4.48. The van der Waals surface area contributed by atoms with E-state index < -0.39 is 66.5 Å². The zero-order chi connectivity index (χ0) is 21.7. The number of fused-ring (bicyclic) bond motifs is 1. The smallest absolute Gasteiger partial charge is 0.186 e. The number of aliphatic hydroxyl groups is 6. The maximum atomic E-state index is 11.7. The summed E-state index contributed by atoms with van der Waals surface area (Å²) in [6.45, 7) is 7.27. The van der Waals surface area contributed by atoms with E-state index in [1.807, 2.05) is 33.8 Å². The number of aliphatic hydroxyl groups excluding tert-OH is 5. The number of hydrogen-bond donors (Lipinski definition) is 6. The van der Waals surface area contributed by atoms with Gasteiger partial charge in [-0.1, -0.05) is 39.3 Å². The molecule has 1 saturated heterocycles. The Morgan fingerprint density at radius 2 is 1.83 bits per heavy atom. The molecule has 2 fully saturated rings. The molecular formula is C21H36O8. The second-order valence-corrected chi connectivity index (χ2v) is 9.54. The highest BCUT2D eigenvalue weighted by atomic mass is 16.7. The molecule has 10 atom stereocenters. The van der Waals surface area contributed by atoms with Crippen molar-refractivity contribution in [3.8, 4) is 0 Å². The van der Waals surface area contributed by atoms with Gasteiger partial charge >= 0.3 is 0 Å². The van der Waals surface area contributed by atoms with Gasteiger partial charge in [0.25, 0.3) is 0 Å². The molecule has 8 heteroatoms. The highest BCUT2D eigenvalue weighted by Gasteiger charge is 2.60. The van der Waals surface area contributed by atoms with Crippen LogP contribution in [0.4, 0.5) is 0 Å². The maximum absolute atomic E-state index is 11.7. The average molecular weight is 417 g/mol. The third kappa shape index (κ3) is 3.68. The monoisotopic (exact) mass is 416 g/mol. The minimum absolute atomic E-state index is 0.192. The van der Waals surface area contributed by atoms with E-state index in [2.05, 4.69) is 0 Å². The molecule has 0 amide bonds. The Morgan fingerprint density at radius 3 is 2.41 bits per heavy atom. The zero-order valence-corrected chi connectivity index (χ0v) is 17.6. The van der Waals surface area contributed by atoms with Crippen LogP contribution in [0, 0.1) is 17.3 Å². The lowest BCUT2D eigenvalue weighted by atomic mass is 9.52. The van der Waals surface area contributed by atoms with Gasteiger partial charge in [0.1, 0.15) is 24.4 Å². The van der Waals surface area contributed by atoms with Crippen molar-refractivity contribution in [3.05, 3.63) is 11.6 Å². The highest BCUT2D eigenvalue weighted by Crippen LogP contribution is 2.55. The van der Waals surface area contributed by atoms with Gasteiger partial charge in [-0.05, 0) is 25.2 Å².